The highest BCUT2D eigenvalue weighted by atomic mass is 32.2. The van der Waals surface area contributed by atoms with Gasteiger partial charge in [-0.15, -0.1) is 23.1 Å². The summed E-state index contributed by atoms with van der Waals surface area (Å²) in [7, 11) is 1.33. The maximum absolute atomic E-state index is 12.6. The summed E-state index contributed by atoms with van der Waals surface area (Å²) in [6, 6.07) is 5.81. The summed E-state index contributed by atoms with van der Waals surface area (Å²) in [5.74, 6) is -1.56. The van der Waals surface area contributed by atoms with Crippen molar-refractivity contribution < 1.29 is 28.7 Å². The lowest BCUT2D eigenvalue weighted by molar-refractivity contribution is -0.143. The zero-order valence-electron chi connectivity index (χ0n) is 20.8. The first-order valence-electron chi connectivity index (χ1n) is 11.7. The van der Waals surface area contributed by atoms with Crippen molar-refractivity contribution in [2.24, 2.45) is 4.99 Å². The molecule has 2 aromatic heterocycles. The summed E-state index contributed by atoms with van der Waals surface area (Å²) in [6.45, 7) is 3.92. The van der Waals surface area contributed by atoms with Gasteiger partial charge in [0.25, 0.3) is 5.91 Å². The van der Waals surface area contributed by atoms with Gasteiger partial charge >= 0.3 is 11.9 Å². The maximum Gasteiger partial charge on any atom is 0.341 e. The van der Waals surface area contributed by atoms with E-state index < -0.39 is 17.8 Å². The van der Waals surface area contributed by atoms with Gasteiger partial charge in [0.15, 0.2) is 4.80 Å². The van der Waals surface area contributed by atoms with E-state index in [0.717, 1.165) is 57.2 Å². The molecular weight excluding hydrogens is 534 g/mol. The SMILES string of the molecule is CCOC(=O)Cn1c(=NC(=O)CSCC(=O)Nc2sc3c(c2C(=O)OC)CCC3)sc2cc(C)ccc21. The summed E-state index contributed by atoms with van der Waals surface area (Å²) < 4.78 is 12.6. The molecule has 9 nitrogen and oxygen atoms in total. The Kier molecular flexibility index (Phi) is 8.83. The highest BCUT2D eigenvalue weighted by molar-refractivity contribution is 8.00. The van der Waals surface area contributed by atoms with E-state index in [4.69, 9.17) is 9.47 Å². The van der Waals surface area contributed by atoms with Crippen LogP contribution in [-0.2, 0) is 43.2 Å². The molecule has 1 aromatic carbocycles. The van der Waals surface area contributed by atoms with Gasteiger partial charge < -0.3 is 19.4 Å². The molecule has 0 aliphatic heterocycles. The van der Waals surface area contributed by atoms with Crippen molar-refractivity contribution in [1.29, 1.82) is 0 Å². The van der Waals surface area contributed by atoms with Gasteiger partial charge in [0, 0.05) is 4.88 Å². The van der Waals surface area contributed by atoms with Crippen LogP contribution in [0.3, 0.4) is 0 Å². The monoisotopic (exact) mass is 561 g/mol. The largest absolute Gasteiger partial charge is 0.465 e. The fourth-order valence-electron chi connectivity index (χ4n) is 4.10. The standard InChI is InChI=1S/C25H27N3O6S3/c1-4-34-21(31)11-28-16-9-8-14(2)10-18(16)37-25(28)27-20(30)13-35-12-19(29)26-23-22(24(32)33-3)15-6-5-7-17(15)36-23/h8-10H,4-7,11-13H2,1-3H3,(H,26,29). The van der Waals surface area contributed by atoms with Crippen molar-refractivity contribution in [3.8, 4) is 0 Å². The van der Waals surface area contributed by atoms with Crippen molar-refractivity contribution in [1.82, 2.24) is 4.57 Å². The first-order chi connectivity index (χ1) is 17.8. The molecule has 1 aliphatic rings. The fourth-order valence-corrected chi connectivity index (χ4v) is 7.13. The normalized spacial score (nSPS) is 13.0. The molecule has 12 heteroatoms. The van der Waals surface area contributed by atoms with Crippen molar-refractivity contribution >= 4 is 73.4 Å². The van der Waals surface area contributed by atoms with Gasteiger partial charge in [-0.25, -0.2) is 4.79 Å². The number of aryl methyl sites for hydroxylation is 2. The summed E-state index contributed by atoms with van der Waals surface area (Å²) >= 11 is 3.86. The Morgan fingerprint density at radius 3 is 2.73 bits per heavy atom. The number of benzene rings is 1. The number of carbonyl (C=O) groups is 4. The van der Waals surface area contributed by atoms with Crippen LogP contribution < -0.4 is 10.1 Å². The highest BCUT2D eigenvalue weighted by Crippen LogP contribution is 2.39. The number of methoxy groups -OCH3 is 1. The van der Waals surface area contributed by atoms with Crippen LogP contribution >= 0.6 is 34.4 Å². The first-order valence-corrected chi connectivity index (χ1v) is 14.5. The van der Waals surface area contributed by atoms with Crippen LogP contribution in [0.2, 0.25) is 0 Å². The molecule has 0 saturated heterocycles. The number of fused-ring (bicyclic) bond motifs is 2. The number of hydrogen-bond donors (Lipinski definition) is 1. The highest BCUT2D eigenvalue weighted by Gasteiger charge is 2.28. The molecule has 3 aromatic rings. The molecule has 2 amide bonds. The third kappa shape index (κ3) is 6.31. The van der Waals surface area contributed by atoms with Crippen LogP contribution in [0.4, 0.5) is 5.00 Å². The van der Waals surface area contributed by atoms with Crippen molar-refractivity contribution in [2.45, 2.75) is 39.7 Å². The summed E-state index contributed by atoms with van der Waals surface area (Å²) in [4.78, 5) is 55.3. The Labute approximate surface area is 225 Å². The smallest absolute Gasteiger partial charge is 0.341 e. The molecule has 0 unspecified atom stereocenters. The van der Waals surface area contributed by atoms with Gasteiger partial charge in [0.2, 0.25) is 5.91 Å². The number of thiophene rings is 1. The predicted molar refractivity (Wildman–Crippen MR) is 145 cm³/mol. The second-order valence-electron chi connectivity index (χ2n) is 8.35. The van der Waals surface area contributed by atoms with Gasteiger partial charge in [-0.05, 0) is 56.4 Å². The molecule has 0 atom stereocenters. The topological polar surface area (TPSA) is 116 Å². The summed E-state index contributed by atoms with van der Waals surface area (Å²) in [5.41, 5.74) is 3.26. The Hall–Kier alpha value is -2.96. The van der Waals surface area contributed by atoms with E-state index in [-0.39, 0.29) is 30.6 Å². The minimum atomic E-state index is -0.453. The van der Waals surface area contributed by atoms with Gasteiger partial charge in [-0.2, -0.15) is 4.99 Å². The molecule has 0 saturated carbocycles. The lowest BCUT2D eigenvalue weighted by Gasteiger charge is -2.07. The van der Waals surface area contributed by atoms with Crippen molar-refractivity contribution in [3.63, 3.8) is 0 Å². The molecule has 0 radical (unpaired) electrons. The van der Waals surface area contributed by atoms with Crippen molar-refractivity contribution in [2.75, 3.05) is 30.5 Å². The van der Waals surface area contributed by atoms with Crippen LogP contribution in [0.15, 0.2) is 23.2 Å². The number of esters is 2. The van der Waals surface area contributed by atoms with E-state index in [1.165, 1.54) is 29.8 Å². The Morgan fingerprint density at radius 2 is 1.97 bits per heavy atom. The number of thioether (sulfide) groups is 1. The lowest BCUT2D eigenvalue weighted by Crippen LogP contribution is -2.23. The summed E-state index contributed by atoms with van der Waals surface area (Å²) in [6.07, 6.45) is 2.67. The average Bonchev–Trinajstić information content (AvgIpc) is 3.52. The molecule has 196 valence electrons. The average molecular weight is 562 g/mol. The number of aromatic nitrogens is 1. The van der Waals surface area contributed by atoms with E-state index in [1.807, 2.05) is 25.1 Å². The minimum Gasteiger partial charge on any atom is -0.465 e. The number of nitrogens with zero attached hydrogens (tertiary/aromatic N) is 2. The van der Waals surface area contributed by atoms with Crippen LogP contribution in [0.1, 0.15) is 39.7 Å². The fraction of sp³-hybridized carbons (Fsp3) is 0.400. The molecule has 0 fully saturated rings. The van der Waals surface area contributed by atoms with Gasteiger partial charge in [-0.1, -0.05) is 17.4 Å². The molecule has 4 rings (SSSR count). The number of nitrogens with one attached hydrogen (secondary N) is 1. The molecule has 1 N–H and O–H groups in total. The van der Waals surface area contributed by atoms with E-state index in [9.17, 15) is 19.2 Å². The number of ether oxygens (including phenoxy) is 2. The van der Waals surface area contributed by atoms with Gasteiger partial charge in [-0.3, -0.25) is 14.4 Å². The van der Waals surface area contributed by atoms with Crippen LogP contribution in [0.5, 0.6) is 0 Å². The third-order valence-electron chi connectivity index (χ3n) is 5.67. The number of rotatable bonds is 9. The quantitative estimate of drug-likeness (QED) is 0.396. The molecular formula is C25H27N3O6S3. The number of thiazole rings is 1. The summed E-state index contributed by atoms with van der Waals surface area (Å²) in [5, 5.41) is 3.31. The van der Waals surface area contributed by atoms with Crippen LogP contribution in [0.25, 0.3) is 10.2 Å². The Bertz CT molecular complexity index is 1440. The van der Waals surface area contributed by atoms with Crippen molar-refractivity contribution in [3.05, 3.63) is 44.6 Å². The molecule has 37 heavy (non-hydrogen) atoms. The molecule has 1 aliphatic carbocycles. The lowest BCUT2D eigenvalue weighted by atomic mass is 10.1. The predicted octanol–water partition coefficient (Wildman–Crippen LogP) is 3.71. The van der Waals surface area contributed by atoms with Gasteiger partial charge in [0.05, 0.1) is 41.0 Å². The minimum absolute atomic E-state index is 0.00903. The maximum atomic E-state index is 12.6. The second-order valence-corrected chi connectivity index (χ2v) is 11.4. The number of hydrogen-bond acceptors (Lipinski definition) is 9. The Balaban J connectivity index is 1.42. The van der Waals surface area contributed by atoms with E-state index in [1.54, 1.807) is 11.5 Å². The van der Waals surface area contributed by atoms with E-state index in [2.05, 4.69) is 10.3 Å². The third-order valence-corrected chi connectivity index (χ3v) is 8.84. The second kappa shape index (κ2) is 12.1. The van der Waals surface area contributed by atoms with Crippen LogP contribution in [-0.4, -0.2) is 53.5 Å². The Morgan fingerprint density at radius 1 is 1.16 bits per heavy atom. The van der Waals surface area contributed by atoms with E-state index in [0.29, 0.717) is 15.4 Å². The number of carbonyl (C=O) groups excluding carboxylic acids is 4. The first kappa shape index (κ1) is 27.1. The molecule has 0 bridgehead atoms. The number of amides is 2. The van der Waals surface area contributed by atoms with Gasteiger partial charge in [0.1, 0.15) is 11.5 Å². The van der Waals surface area contributed by atoms with E-state index >= 15 is 0 Å². The molecule has 0 spiro atoms. The number of anilines is 1. The zero-order chi connectivity index (χ0) is 26.5. The zero-order valence-corrected chi connectivity index (χ0v) is 23.2. The molecule has 2 heterocycles. The van der Waals surface area contributed by atoms with Crippen LogP contribution in [0, 0.1) is 6.92 Å².